The highest BCUT2D eigenvalue weighted by Gasteiger charge is 2.43. The molecule has 1 atom stereocenters. The third kappa shape index (κ3) is 2.80. The van der Waals surface area contributed by atoms with E-state index >= 15 is 0 Å². The van der Waals surface area contributed by atoms with Crippen molar-refractivity contribution in [3.63, 3.8) is 0 Å². The Morgan fingerprint density at radius 3 is 3.08 bits per heavy atom. The van der Waals surface area contributed by atoms with Crippen LogP contribution in [0.25, 0.3) is 0 Å². The maximum Gasteiger partial charge on any atom is 0.338 e. The zero-order valence-corrected chi connectivity index (χ0v) is 14.3. The van der Waals surface area contributed by atoms with Crippen molar-refractivity contribution in [2.45, 2.75) is 32.4 Å². The molecule has 2 amide bonds. The van der Waals surface area contributed by atoms with Gasteiger partial charge in [0.1, 0.15) is 13.2 Å². The van der Waals surface area contributed by atoms with Crippen molar-refractivity contribution in [2.75, 3.05) is 6.61 Å². The average Bonchev–Trinajstić information content (AvgIpc) is 3.32. The van der Waals surface area contributed by atoms with E-state index in [1.165, 1.54) is 16.2 Å². The molecule has 8 nitrogen and oxygen atoms in total. The molecule has 2 aliphatic heterocycles. The number of cyclic esters (lactones) is 1. The number of hydrogen-bond donors (Lipinski definition) is 1. The van der Waals surface area contributed by atoms with Crippen LogP contribution in [0, 0.1) is 0 Å². The van der Waals surface area contributed by atoms with Crippen molar-refractivity contribution in [1.29, 1.82) is 0 Å². The van der Waals surface area contributed by atoms with Gasteiger partial charge in [0, 0.05) is 11.3 Å². The summed E-state index contributed by atoms with van der Waals surface area (Å²) in [4.78, 5) is 31.4. The highest BCUT2D eigenvalue weighted by Crippen LogP contribution is 2.37. The Balaban J connectivity index is 1.65. The summed E-state index contributed by atoms with van der Waals surface area (Å²) in [5.74, 6) is 0.536. The Morgan fingerprint density at radius 1 is 1.44 bits per heavy atom. The Labute approximate surface area is 147 Å². The Morgan fingerprint density at radius 2 is 2.32 bits per heavy atom. The fourth-order valence-electron chi connectivity index (χ4n) is 2.96. The van der Waals surface area contributed by atoms with E-state index in [-0.39, 0.29) is 19.2 Å². The molecule has 2 aromatic heterocycles. The molecule has 4 rings (SSSR count). The van der Waals surface area contributed by atoms with E-state index in [0.717, 1.165) is 11.3 Å². The fraction of sp³-hybridized carbons (Fsp3) is 0.375. The lowest BCUT2D eigenvalue weighted by Crippen LogP contribution is -2.46. The van der Waals surface area contributed by atoms with E-state index < -0.39 is 12.0 Å². The first kappa shape index (κ1) is 15.8. The quantitative estimate of drug-likeness (QED) is 0.821. The molecule has 0 saturated carbocycles. The Hall–Kier alpha value is -2.68. The van der Waals surface area contributed by atoms with Gasteiger partial charge >= 0.3 is 12.0 Å². The van der Waals surface area contributed by atoms with Gasteiger partial charge in [-0.25, -0.2) is 9.59 Å². The first-order valence-corrected chi connectivity index (χ1v) is 8.88. The molecule has 2 aromatic rings. The van der Waals surface area contributed by atoms with E-state index in [0.29, 0.717) is 29.4 Å². The summed E-state index contributed by atoms with van der Waals surface area (Å²) < 4.78 is 10.4. The first-order chi connectivity index (χ1) is 12.2. The molecular formula is C16H16N4O4S. The summed E-state index contributed by atoms with van der Waals surface area (Å²) in [5, 5.41) is 8.67. The van der Waals surface area contributed by atoms with Crippen LogP contribution in [0.15, 0.2) is 33.3 Å². The summed E-state index contributed by atoms with van der Waals surface area (Å²) in [6, 6.07) is 2.97. The minimum Gasteiger partial charge on any atom is -0.456 e. The maximum absolute atomic E-state index is 12.6. The second-order valence-corrected chi connectivity index (χ2v) is 6.75. The summed E-state index contributed by atoms with van der Waals surface area (Å²) in [7, 11) is 0. The zero-order chi connectivity index (χ0) is 17.4. The highest BCUT2D eigenvalue weighted by atomic mass is 32.1. The van der Waals surface area contributed by atoms with Crippen LogP contribution in [-0.4, -0.2) is 33.6 Å². The largest absolute Gasteiger partial charge is 0.456 e. The van der Waals surface area contributed by atoms with Gasteiger partial charge in [0.2, 0.25) is 5.89 Å². The number of carbonyl (C=O) groups is 2. The third-order valence-electron chi connectivity index (χ3n) is 4.10. The van der Waals surface area contributed by atoms with Crippen LogP contribution in [0.1, 0.15) is 36.0 Å². The minimum absolute atomic E-state index is 0.0689. The number of thiophene rings is 1. The van der Waals surface area contributed by atoms with Crippen molar-refractivity contribution >= 4 is 23.3 Å². The minimum atomic E-state index is -0.480. The van der Waals surface area contributed by atoms with Crippen LogP contribution < -0.4 is 5.32 Å². The molecule has 130 valence electrons. The van der Waals surface area contributed by atoms with Crippen LogP contribution >= 0.6 is 11.3 Å². The predicted octanol–water partition coefficient (Wildman–Crippen LogP) is 2.16. The van der Waals surface area contributed by atoms with Gasteiger partial charge in [-0.1, -0.05) is 18.1 Å². The fourth-order valence-corrected chi connectivity index (χ4v) is 3.75. The first-order valence-electron chi connectivity index (χ1n) is 8.00. The van der Waals surface area contributed by atoms with Crippen molar-refractivity contribution < 1.29 is 18.8 Å². The van der Waals surface area contributed by atoms with Gasteiger partial charge in [0.05, 0.1) is 17.3 Å². The van der Waals surface area contributed by atoms with Gasteiger partial charge in [-0.15, -0.1) is 11.3 Å². The normalized spacial score (nSPS) is 19.9. The monoisotopic (exact) mass is 360 g/mol. The molecule has 0 radical (unpaired) electrons. The van der Waals surface area contributed by atoms with Gasteiger partial charge in [-0.3, -0.25) is 4.90 Å². The number of urea groups is 1. The molecule has 9 heteroatoms. The molecule has 2 aliphatic rings. The molecule has 0 bridgehead atoms. The predicted molar refractivity (Wildman–Crippen MR) is 87.4 cm³/mol. The lowest BCUT2D eigenvalue weighted by molar-refractivity contribution is -0.136. The molecule has 1 N–H and O–H groups in total. The molecule has 0 saturated heterocycles. The molecule has 25 heavy (non-hydrogen) atoms. The van der Waals surface area contributed by atoms with Gasteiger partial charge in [0.25, 0.3) is 0 Å². The zero-order valence-electron chi connectivity index (χ0n) is 13.5. The number of nitrogens with zero attached hydrogens (tertiary/aromatic N) is 3. The topological polar surface area (TPSA) is 97.6 Å². The third-order valence-corrected chi connectivity index (χ3v) is 5.04. The van der Waals surface area contributed by atoms with Crippen LogP contribution in [0.5, 0.6) is 0 Å². The summed E-state index contributed by atoms with van der Waals surface area (Å²) in [5.41, 5.74) is 1.03. The lowest BCUT2D eigenvalue weighted by Gasteiger charge is -2.31. The molecule has 0 fully saturated rings. The summed E-state index contributed by atoms with van der Waals surface area (Å²) in [6.45, 7) is 2.20. The number of aromatic nitrogens is 2. The van der Waals surface area contributed by atoms with E-state index in [2.05, 4.69) is 15.5 Å². The number of amides is 2. The summed E-state index contributed by atoms with van der Waals surface area (Å²) >= 11 is 1.48. The number of nitrogens with one attached hydrogen (secondary N) is 1. The van der Waals surface area contributed by atoms with E-state index in [9.17, 15) is 9.59 Å². The Kier molecular flexibility index (Phi) is 4.00. The number of hydrogen-bond acceptors (Lipinski definition) is 7. The van der Waals surface area contributed by atoms with Crippen molar-refractivity contribution in [1.82, 2.24) is 20.4 Å². The smallest absolute Gasteiger partial charge is 0.338 e. The van der Waals surface area contributed by atoms with Crippen LogP contribution in [-0.2, 0) is 22.5 Å². The van der Waals surface area contributed by atoms with Crippen molar-refractivity contribution in [3.8, 4) is 0 Å². The van der Waals surface area contributed by atoms with Gasteiger partial charge in [-0.2, -0.15) is 4.98 Å². The van der Waals surface area contributed by atoms with Gasteiger partial charge < -0.3 is 14.6 Å². The number of carbonyl (C=O) groups excluding carboxylic acids is 2. The number of rotatable bonds is 5. The van der Waals surface area contributed by atoms with E-state index in [4.69, 9.17) is 9.26 Å². The van der Waals surface area contributed by atoms with Gasteiger partial charge in [-0.05, 0) is 17.9 Å². The maximum atomic E-state index is 12.6. The molecule has 4 heterocycles. The number of esters is 1. The van der Waals surface area contributed by atoms with E-state index in [1.807, 2.05) is 24.4 Å². The van der Waals surface area contributed by atoms with Crippen molar-refractivity contribution in [3.05, 3.63) is 45.4 Å². The lowest BCUT2D eigenvalue weighted by atomic mass is 10.0. The van der Waals surface area contributed by atoms with Crippen LogP contribution in [0.2, 0.25) is 0 Å². The van der Waals surface area contributed by atoms with Crippen molar-refractivity contribution in [2.24, 2.45) is 0 Å². The second kappa shape index (κ2) is 6.32. The SMILES string of the molecule is CCCc1noc(CN2C(=O)N[C@@H](c3cccs3)C3=C2COC3=O)n1. The molecule has 0 unspecified atom stereocenters. The number of aryl methyl sites for hydroxylation is 1. The Bertz CT molecular complexity index is 842. The standard InChI is InChI=1S/C16H16N4O4S/c1-2-4-11-17-12(24-19-11)7-20-9-8-23-15(21)13(9)14(18-16(20)22)10-5-3-6-25-10/h3,5-6,14H,2,4,7-8H2,1H3,(H,18,22)/t14-/m0/s1. The molecule has 0 aliphatic carbocycles. The summed E-state index contributed by atoms with van der Waals surface area (Å²) in [6.07, 6.45) is 1.62. The highest BCUT2D eigenvalue weighted by molar-refractivity contribution is 7.10. The van der Waals surface area contributed by atoms with E-state index in [1.54, 1.807) is 0 Å². The van der Waals surface area contributed by atoms with Crippen LogP contribution in [0.3, 0.4) is 0 Å². The average molecular weight is 360 g/mol. The number of ether oxygens (including phenoxy) is 1. The van der Waals surface area contributed by atoms with Crippen LogP contribution in [0.4, 0.5) is 4.79 Å². The molecule has 0 spiro atoms. The second-order valence-electron chi connectivity index (χ2n) is 5.77. The van der Waals surface area contributed by atoms with Gasteiger partial charge in [0.15, 0.2) is 5.82 Å². The molecule has 0 aromatic carbocycles. The molecular weight excluding hydrogens is 344 g/mol.